The highest BCUT2D eigenvalue weighted by molar-refractivity contribution is 6.30. The highest BCUT2D eigenvalue weighted by Gasteiger charge is 2.34. The zero-order chi connectivity index (χ0) is 23.6. The Morgan fingerprint density at radius 1 is 0.829 bits per heavy atom. The number of halogens is 2. The minimum Gasteiger partial charge on any atom is -0.494 e. The van der Waals surface area contributed by atoms with Crippen LogP contribution in [0.25, 0.3) is 0 Å². The Balaban J connectivity index is 0.00000342. The maximum atomic E-state index is 10.7. The van der Waals surface area contributed by atoms with E-state index < -0.39 is 6.10 Å². The van der Waals surface area contributed by atoms with Crippen LogP contribution in [0.3, 0.4) is 0 Å². The standard InChI is InChI=1S/C28H32ClNO4.ClH/c29-24-11-7-22(8-12-24)20-34-27-18-30-17-26(31)28(27)23-9-13-25(14-10-23)33-16-4-15-32-19-21-5-2-1-3-6-21;/h1-3,5-14,26-28,30-31H,4,15-20H2;1H. The molecule has 0 aromatic heterocycles. The summed E-state index contributed by atoms with van der Waals surface area (Å²) in [5, 5.41) is 14.7. The topological polar surface area (TPSA) is 60.0 Å². The van der Waals surface area contributed by atoms with Gasteiger partial charge in [0.05, 0.1) is 38.6 Å². The number of aliphatic hydroxyl groups excluding tert-OH is 1. The van der Waals surface area contributed by atoms with Crippen molar-refractivity contribution < 1.29 is 19.3 Å². The van der Waals surface area contributed by atoms with Gasteiger partial charge >= 0.3 is 0 Å². The van der Waals surface area contributed by atoms with E-state index in [1.165, 1.54) is 5.56 Å². The van der Waals surface area contributed by atoms with Crippen molar-refractivity contribution in [3.05, 3.63) is 101 Å². The van der Waals surface area contributed by atoms with Crippen molar-refractivity contribution in [1.82, 2.24) is 5.32 Å². The highest BCUT2D eigenvalue weighted by Crippen LogP contribution is 2.30. The first-order valence-electron chi connectivity index (χ1n) is 11.8. The summed E-state index contributed by atoms with van der Waals surface area (Å²) in [6, 6.07) is 25.8. The zero-order valence-electron chi connectivity index (χ0n) is 19.6. The lowest BCUT2D eigenvalue weighted by Gasteiger charge is -2.36. The average molecular weight is 518 g/mol. The van der Waals surface area contributed by atoms with E-state index in [2.05, 4.69) is 17.4 Å². The fourth-order valence-corrected chi connectivity index (χ4v) is 4.29. The van der Waals surface area contributed by atoms with Gasteiger partial charge in [0.1, 0.15) is 5.75 Å². The Labute approximate surface area is 218 Å². The van der Waals surface area contributed by atoms with E-state index in [9.17, 15) is 5.11 Å². The molecule has 1 saturated heterocycles. The summed E-state index contributed by atoms with van der Waals surface area (Å²) < 4.78 is 17.8. The van der Waals surface area contributed by atoms with Crippen molar-refractivity contribution in [3.8, 4) is 5.75 Å². The summed E-state index contributed by atoms with van der Waals surface area (Å²) in [5.74, 6) is 0.711. The first-order valence-corrected chi connectivity index (χ1v) is 12.2. The third kappa shape index (κ3) is 8.50. The lowest BCUT2D eigenvalue weighted by Crippen LogP contribution is -2.49. The number of hydrogen-bond acceptors (Lipinski definition) is 5. The Kier molecular flexibility index (Phi) is 11.3. The molecular formula is C28H33Cl2NO4. The van der Waals surface area contributed by atoms with Crippen LogP contribution in [0, 0.1) is 0 Å². The van der Waals surface area contributed by atoms with Gasteiger partial charge in [0.25, 0.3) is 0 Å². The molecule has 3 atom stereocenters. The number of ether oxygens (including phenoxy) is 3. The smallest absolute Gasteiger partial charge is 0.119 e. The van der Waals surface area contributed by atoms with Crippen LogP contribution in [0.2, 0.25) is 5.02 Å². The van der Waals surface area contributed by atoms with Gasteiger partial charge in [-0.15, -0.1) is 12.4 Å². The summed E-state index contributed by atoms with van der Waals surface area (Å²) >= 11 is 5.97. The van der Waals surface area contributed by atoms with E-state index in [0.717, 1.165) is 23.3 Å². The van der Waals surface area contributed by atoms with Gasteiger partial charge in [0.15, 0.2) is 0 Å². The molecule has 1 fully saturated rings. The van der Waals surface area contributed by atoms with E-state index in [0.29, 0.717) is 44.5 Å². The van der Waals surface area contributed by atoms with E-state index in [1.54, 1.807) is 0 Å². The van der Waals surface area contributed by atoms with Crippen LogP contribution in [0.1, 0.15) is 29.0 Å². The molecule has 3 aromatic carbocycles. The van der Waals surface area contributed by atoms with Crippen LogP contribution in [-0.4, -0.2) is 43.6 Å². The molecule has 5 nitrogen and oxygen atoms in total. The fraction of sp³-hybridized carbons (Fsp3) is 0.357. The normalized spacial score (nSPS) is 19.7. The van der Waals surface area contributed by atoms with Crippen LogP contribution in [0.15, 0.2) is 78.9 Å². The molecule has 188 valence electrons. The van der Waals surface area contributed by atoms with Crippen molar-refractivity contribution in [2.45, 2.75) is 37.8 Å². The first kappa shape index (κ1) is 27.5. The molecule has 35 heavy (non-hydrogen) atoms. The Bertz CT molecular complexity index is 986. The molecule has 3 unspecified atom stereocenters. The molecule has 0 bridgehead atoms. The van der Waals surface area contributed by atoms with E-state index in [-0.39, 0.29) is 24.4 Å². The number of β-amino-alcohol motifs (C(OH)–C–C–N with tert-alkyl or cyclic N) is 1. The van der Waals surface area contributed by atoms with Gasteiger partial charge in [-0.05, 0) is 41.0 Å². The van der Waals surface area contributed by atoms with Gasteiger partial charge in [-0.3, -0.25) is 0 Å². The van der Waals surface area contributed by atoms with Crippen LogP contribution < -0.4 is 10.1 Å². The van der Waals surface area contributed by atoms with Gasteiger partial charge in [-0.2, -0.15) is 0 Å². The van der Waals surface area contributed by atoms with Gasteiger partial charge in [-0.25, -0.2) is 0 Å². The fourth-order valence-electron chi connectivity index (χ4n) is 4.16. The highest BCUT2D eigenvalue weighted by atomic mass is 35.5. The molecule has 0 aliphatic carbocycles. The Morgan fingerprint density at radius 2 is 1.54 bits per heavy atom. The maximum Gasteiger partial charge on any atom is 0.119 e. The molecule has 1 heterocycles. The molecule has 2 N–H and O–H groups in total. The quantitative estimate of drug-likeness (QED) is 0.334. The Hall–Kier alpha value is -2.12. The molecular weight excluding hydrogens is 485 g/mol. The minimum atomic E-state index is -0.516. The lowest BCUT2D eigenvalue weighted by molar-refractivity contribution is -0.0328. The van der Waals surface area contributed by atoms with Crippen LogP contribution in [-0.2, 0) is 22.7 Å². The molecule has 1 aliphatic rings. The summed E-state index contributed by atoms with van der Waals surface area (Å²) in [7, 11) is 0. The zero-order valence-corrected chi connectivity index (χ0v) is 21.2. The third-order valence-electron chi connectivity index (χ3n) is 5.97. The summed E-state index contributed by atoms with van der Waals surface area (Å²) in [5.41, 5.74) is 3.28. The average Bonchev–Trinajstić information content (AvgIpc) is 2.87. The van der Waals surface area contributed by atoms with Gasteiger partial charge in [0, 0.05) is 30.5 Å². The number of benzene rings is 3. The van der Waals surface area contributed by atoms with E-state index >= 15 is 0 Å². The second kappa shape index (κ2) is 14.4. The van der Waals surface area contributed by atoms with Crippen LogP contribution >= 0.6 is 24.0 Å². The second-order valence-electron chi connectivity index (χ2n) is 8.54. The molecule has 0 radical (unpaired) electrons. The Morgan fingerprint density at radius 3 is 2.29 bits per heavy atom. The lowest BCUT2D eigenvalue weighted by atomic mass is 9.85. The van der Waals surface area contributed by atoms with Crippen LogP contribution in [0.4, 0.5) is 0 Å². The number of piperidine rings is 1. The second-order valence-corrected chi connectivity index (χ2v) is 8.97. The van der Waals surface area contributed by atoms with Crippen molar-refractivity contribution in [3.63, 3.8) is 0 Å². The molecule has 3 aromatic rings. The SMILES string of the molecule is Cl.OC1CNCC(OCc2ccc(Cl)cc2)C1c1ccc(OCCCOCc2ccccc2)cc1. The number of nitrogens with one attached hydrogen (secondary N) is 1. The number of aliphatic hydroxyl groups is 1. The van der Waals surface area contributed by atoms with Gasteiger partial charge in [-0.1, -0.05) is 66.2 Å². The van der Waals surface area contributed by atoms with E-state index in [1.807, 2.05) is 66.7 Å². The van der Waals surface area contributed by atoms with Crippen molar-refractivity contribution >= 4 is 24.0 Å². The number of hydrogen-bond donors (Lipinski definition) is 2. The summed E-state index contributed by atoms with van der Waals surface area (Å²) in [6.07, 6.45) is 0.174. The first-order chi connectivity index (χ1) is 16.7. The molecule has 0 saturated carbocycles. The van der Waals surface area contributed by atoms with Gasteiger partial charge < -0.3 is 24.6 Å². The third-order valence-corrected chi connectivity index (χ3v) is 6.22. The monoisotopic (exact) mass is 517 g/mol. The summed E-state index contributed by atoms with van der Waals surface area (Å²) in [4.78, 5) is 0. The molecule has 1 aliphatic heterocycles. The van der Waals surface area contributed by atoms with Crippen molar-refractivity contribution in [2.24, 2.45) is 0 Å². The molecule has 0 amide bonds. The minimum absolute atomic E-state index is 0. The number of rotatable bonds is 11. The van der Waals surface area contributed by atoms with Crippen LogP contribution in [0.5, 0.6) is 5.75 Å². The summed E-state index contributed by atoms with van der Waals surface area (Å²) in [6.45, 7) is 3.58. The largest absolute Gasteiger partial charge is 0.494 e. The predicted octanol–water partition coefficient (Wildman–Crippen LogP) is 5.38. The maximum absolute atomic E-state index is 10.7. The predicted molar refractivity (Wildman–Crippen MR) is 142 cm³/mol. The molecule has 4 rings (SSSR count). The van der Waals surface area contributed by atoms with E-state index in [4.69, 9.17) is 25.8 Å². The molecule has 7 heteroatoms. The van der Waals surface area contributed by atoms with Crippen molar-refractivity contribution in [1.29, 1.82) is 0 Å². The van der Waals surface area contributed by atoms with Gasteiger partial charge in [0.2, 0.25) is 0 Å². The van der Waals surface area contributed by atoms with Crippen molar-refractivity contribution in [2.75, 3.05) is 26.3 Å². The molecule has 0 spiro atoms.